The van der Waals surface area contributed by atoms with Crippen molar-refractivity contribution in [1.82, 2.24) is 0 Å². The fraction of sp³-hybridized carbons (Fsp3) is 1.00. The molecule has 90 valence electrons. The highest BCUT2D eigenvalue weighted by molar-refractivity contribution is 4.66. The van der Waals surface area contributed by atoms with E-state index in [1.165, 1.54) is 12.8 Å². The molecule has 15 heavy (non-hydrogen) atoms. The normalized spacial score (nSPS) is 24.0. The molecule has 1 fully saturated rings. The molecule has 2 atom stereocenters. The zero-order valence-corrected chi connectivity index (χ0v) is 9.78. The fourth-order valence-electron chi connectivity index (χ4n) is 1.86. The standard InChI is InChI=1S/C12H24O3/c1-2-8-14-10-11(13)6-7-12-5-3-4-9-15-12/h11-13H,2-10H2,1H3. The Morgan fingerprint density at radius 1 is 1.47 bits per heavy atom. The van der Waals surface area contributed by atoms with Crippen molar-refractivity contribution in [1.29, 1.82) is 0 Å². The average Bonchev–Trinajstić information content (AvgIpc) is 2.28. The SMILES string of the molecule is CCCOCC(O)CCC1CCCCO1. The summed E-state index contributed by atoms with van der Waals surface area (Å²) in [6, 6.07) is 0. The minimum atomic E-state index is -0.318. The largest absolute Gasteiger partial charge is 0.391 e. The summed E-state index contributed by atoms with van der Waals surface area (Å²) in [6.45, 7) is 4.19. The van der Waals surface area contributed by atoms with Gasteiger partial charge >= 0.3 is 0 Å². The molecule has 1 aliphatic rings. The summed E-state index contributed by atoms with van der Waals surface area (Å²) >= 11 is 0. The van der Waals surface area contributed by atoms with Gasteiger partial charge in [-0.3, -0.25) is 0 Å². The Morgan fingerprint density at radius 2 is 2.33 bits per heavy atom. The Labute approximate surface area is 92.8 Å². The monoisotopic (exact) mass is 216 g/mol. The van der Waals surface area contributed by atoms with Gasteiger partial charge in [0.25, 0.3) is 0 Å². The van der Waals surface area contributed by atoms with Crippen LogP contribution in [-0.4, -0.2) is 37.1 Å². The first-order valence-electron chi connectivity index (χ1n) is 6.20. The van der Waals surface area contributed by atoms with Crippen LogP contribution in [0.25, 0.3) is 0 Å². The second kappa shape index (κ2) is 8.08. The van der Waals surface area contributed by atoms with Crippen molar-refractivity contribution in [3.8, 4) is 0 Å². The Kier molecular flexibility index (Phi) is 6.98. The van der Waals surface area contributed by atoms with Gasteiger partial charge in [-0.1, -0.05) is 6.92 Å². The van der Waals surface area contributed by atoms with Gasteiger partial charge in [-0.25, -0.2) is 0 Å². The lowest BCUT2D eigenvalue weighted by Crippen LogP contribution is -2.23. The van der Waals surface area contributed by atoms with E-state index in [-0.39, 0.29) is 6.10 Å². The van der Waals surface area contributed by atoms with E-state index in [2.05, 4.69) is 6.92 Å². The van der Waals surface area contributed by atoms with E-state index < -0.39 is 0 Å². The molecule has 0 aromatic carbocycles. The molecule has 0 aliphatic carbocycles. The lowest BCUT2D eigenvalue weighted by Gasteiger charge is -2.23. The highest BCUT2D eigenvalue weighted by Crippen LogP contribution is 2.17. The summed E-state index contributed by atoms with van der Waals surface area (Å²) in [5.41, 5.74) is 0. The third-order valence-corrected chi connectivity index (χ3v) is 2.75. The minimum Gasteiger partial charge on any atom is -0.391 e. The van der Waals surface area contributed by atoms with Crippen molar-refractivity contribution in [3.05, 3.63) is 0 Å². The summed E-state index contributed by atoms with van der Waals surface area (Å²) in [6.07, 6.45) is 6.46. The molecule has 1 rings (SSSR count). The van der Waals surface area contributed by atoms with E-state index in [1.54, 1.807) is 0 Å². The van der Waals surface area contributed by atoms with Gasteiger partial charge in [0.2, 0.25) is 0 Å². The Bertz CT molecular complexity index is 144. The van der Waals surface area contributed by atoms with Crippen molar-refractivity contribution in [2.75, 3.05) is 19.8 Å². The zero-order valence-electron chi connectivity index (χ0n) is 9.78. The van der Waals surface area contributed by atoms with Crippen molar-refractivity contribution in [2.45, 2.75) is 57.7 Å². The van der Waals surface area contributed by atoms with Crippen LogP contribution in [0.15, 0.2) is 0 Å². The summed E-state index contributed by atoms with van der Waals surface area (Å²) in [7, 11) is 0. The lowest BCUT2D eigenvalue weighted by atomic mass is 10.0. The highest BCUT2D eigenvalue weighted by Gasteiger charge is 2.15. The number of hydrogen-bond acceptors (Lipinski definition) is 3. The van der Waals surface area contributed by atoms with Gasteiger partial charge in [0.1, 0.15) is 0 Å². The van der Waals surface area contributed by atoms with Crippen LogP contribution in [0.2, 0.25) is 0 Å². The molecule has 0 bridgehead atoms. The molecule has 0 radical (unpaired) electrons. The number of ether oxygens (including phenoxy) is 2. The number of rotatable bonds is 7. The van der Waals surface area contributed by atoms with Crippen LogP contribution in [0.4, 0.5) is 0 Å². The average molecular weight is 216 g/mol. The van der Waals surface area contributed by atoms with Gasteiger partial charge in [0.15, 0.2) is 0 Å². The van der Waals surface area contributed by atoms with Gasteiger partial charge < -0.3 is 14.6 Å². The van der Waals surface area contributed by atoms with Crippen LogP contribution < -0.4 is 0 Å². The van der Waals surface area contributed by atoms with Crippen LogP contribution in [0.3, 0.4) is 0 Å². The van der Waals surface area contributed by atoms with Crippen molar-refractivity contribution in [3.63, 3.8) is 0 Å². The van der Waals surface area contributed by atoms with Gasteiger partial charge in [-0.05, 0) is 38.5 Å². The molecule has 0 aromatic heterocycles. The third kappa shape index (κ3) is 6.13. The molecule has 0 amide bonds. The second-order valence-electron chi connectivity index (χ2n) is 4.29. The molecule has 0 saturated carbocycles. The predicted octanol–water partition coefficient (Wildman–Crippen LogP) is 2.12. The predicted molar refractivity (Wildman–Crippen MR) is 59.9 cm³/mol. The van der Waals surface area contributed by atoms with Gasteiger partial charge in [0.05, 0.1) is 18.8 Å². The first-order chi connectivity index (χ1) is 7.33. The van der Waals surface area contributed by atoms with Crippen molar-refractivity contribution < 1.29 is 14.6 Å². The number of aliphatic hydroxyl groups excluding tert-OH is 1. The van der Waals surface area contributed by atoms with Crippen molar-refractivity contribution >= 4 is 0 Å². The van der Waals surface area contributed by atoms with E-state index in [1.807, 2.05) is 0 Å². The first-order valence-corrected chi connectivity index (χ1v) is 6.20. The summed E-state index contributed by atoms with van der Waals surface area (Å²) < 4.78 is 10.9. The molecule has 1 N–H and O–H groups in total. The molecule has 3 heteroatoms. The Hall–Kier alpha value is -0.120. The van der Waals surface area contributed by atoms with Gasteiger partial charge in [-0.15, -0.1) is 0 Å². The first kappa shape index (κ1) is 12.9. The third-order valence-electron chi connectivity index (χ3n) is 2.75. The van der Waals surface area contributed by atoms with Crippen LogP contribution in [-0.2, 0) is 9.47 Å². The molecule has 0 aromatic rings. The van der Waals surface area contributed by atoms with E-state index >= 15 is 0 Å². The van der Waals surface area contributed by atoms with Crippen LogP contribution in [0, 0.1) is 0 Å². The van der Waals surface area contributed by atoms with E-state index in [0.717, 1.165) is 38.9 Å². The molecule has 1 aliphatic heterocycles. The Balaban J connectivity index is 1.97. The van der Waals surface area contributed by atoms with Crippen LogP contribution in [0.5, 0.6) is 0 Å². The van der Waals surface area contributed by atoms with E-state index in [0.29, 0.717) is 12.7 Å². The maximum atomic E-state index is 9.63. The molecule has 0 spiro atoms. The lowest BCUT2D eigenvalue weighted by molar-refractivity contribution is -0.0107. The van der Waals surface area contributed by atoms with E-state index in [9.17, 15) is 5.11 Å². The minimum absolute atomic E-state index is 0.318. The van der Waals surface area contributed by atoms with Gasteiger partial charge in [-0.2, -0.15) is 0 Å². The molecule has 2 unspecified atom stereocenters. The van der Waals surface area contributed by atoms with E-state index in [4.69, 9.17) is 9.47 Å². The van der Waals surface area contributed by atoms with Crippen LogP contribution >= 0.6 is 0 Å². The quantitative estimate of drug-likeness (QED) is 0.662. The maximum Gasteiger partial charge on any atom is 0.0774 e. The molecular weight excluding hydrogens is 192 g/mol. The topological polar surface area (TPSA) is 38.7 Å². The summed E-state index contributed by atoms with van der Waals surface area (Å²) in [4.78, 5) is 0. The van der Waals surface area contributed by atoms with Gasteiger partial charge in [0, 0.05) is 13.2 Å². The molecule has 1 heterocycles. The summed E-state index contributed by atoms with van der Waals surface area (Å²) in [5, 5.41) is 9.63. The molecule has 3 nitrogen and oxygen atoms in total. The summed E-state index contributed by atoms with van der Waals surface area (Å²) in [5.74, 6) is 0. The Morgan fingerprint density at radius 3 is 3.00 bits per heavy atom. The maximum absolute atomic E-state index is 9.63. The highest BCUT2D eigenvalue weighted by atomic mass is 16.5. The second-order valence-corrected chi connectivity index (χ2v) is 4.29. The molecular formula is C12H24O3. The number of aliphatic hydroxyl groups is 1. The molecule has 1 saturated heterocycles. The number of hydrogen-bond donors (Lipinski definition) is 1. The fourth-order valence-corrected chi connectivity index (χ4v) is 1.86. The van der Waals surface area contributed by atoms with Crippen LogP contribution in [0.1, 0.15) is 45.4 Å². The smallest absolute Gasteiger partial charge is 0.0774 e. The van der Waals surface area contributed by atoms with Crippen molar-refractivity contribution in [2.24, 2.45) is 0 Å². The zero-order chi connectivity index (χ0) is 10.9.